The molecule has 0 N–H and O–H groups in total. The summed E-state index contributed by atoms with van der Waals surface area (Å²) < 4.78 is 5.68. The SMILES string of the molecule is C=C(c1ccccc1)c1ccc(OCC(C)C)cc1. The van der Waals surface area contributed by atoms with Gasteiger partial charge in [-0.25, -0.2) is 0 Å². The van der Waals surface area contributed by atoms with Crippen molar-refractivity contribution in [2.75, 3.05) is 6.61 Å². The van der Waals surface area contributed by atoms with Crippen LogP contribution < -0.4 is 4.74 Å². The second-order valence-electron chi connectivity index (χ2n) is 5.07. The summed E-state index contributed by atoms with van der Waals surface area (Å²) in [4.78, 5) is 0. The van der Waals surface area contributed by atoms with Gasteiger partial charge < -0.3 is 4.74 Å². The molecule has 2 aromatic rings. The van der Waals surface area contributed by atoms with E-state index in [-0.39, 0.29) is 0 Å². The molecule has 1 heteroatoms. The molecule has 0 amide bonds. The first-order valence-corrected chi connectivity index (χ1v) is 6.64. The minimum absolute atomic E-state index is 0.541. The van der Waals surface area contributed by atoms with Crippen LogP contribution in [0.5, 0.6) is 5.75 Å². The lowest BCUT2D eigenvalue weighted by Crippen LogP contribution is -2.04. The van der Waals surface area contributed by atoms with Crippen molar-refractivity contribution in [1.29, 1.82) is 0 Å². The van der Waals surface area contributed by atoms with Crippen LogP contribution in [0.25, 0.3) is 5.57 Å². The lowest BCUT2D eigenvalue weighted by molar-refractivity contribution is 0.271. The molecule has 98 valence electrons. The molecule has 0 saturated heterocycles. The van der Waals surface area contributed by atoms with Gasteiger partial charge >= 0.3 is 0 Å². The van der Waals surface area contributed by atoms with E-state index in [9.17, 15) is 0 Å². The van der Waals surface area contributed by atoms with Crippen LogP contribution in [0, 0.1) is 5.92 Å². The zero-order chi connectivity index (χ0) is 13.7. The molecule has 2 rings (SSSR count). The van der Waals surface area contributed by atoms with Gasteiger partial charge in [0.2, 0.25) is 0 Å². The molecule has 0 saturated carbocycles. The van der Waals surface area contributed by atoms with Crippen molar-refractivity contribution in [1.82, 2.24) is 0 Å². The number of benzene rings is 2. The van der Waals surface area contributed by atoms with E-state index in [2.05, 4.69) is 44.7 Å². The van der Waals surface area contributed by atoms with E-state index in [0.717, 1.165) is 29.1 Å². The van der Waals surface area contributed by atoms with Gasteiger partial charge in [0.25, 0.3) is 0 Å². The zero-order valence-corrected chi connectivity index (χ0v) is 11.6. The Kier molecular flexibility index (Phi) is 4.40. The third-order valence-electron chi connectivity index (χ3n) is 2.91. The molecule has 1 nitrogen and oxygen atoms in total. The van der Waals surface area contributed by atoms with Crippen molar-refractivity contribution in [3.63, 3.8) is 0 Å². The molecule has 0 heterocycles. The highest BCUT2D eigenvalue weighted by atomic mass is 16.5. The van der Waals surface area contributed by atoms with Crippen LogP contribution in [0.4, 0.5) is 0 Å². The number of hydrogen-bond donors (Lipinski definition) is 0. The standard InChI is InChI=1S/C18H20O/c1-14(2)13-19-18-11-9-17(10-12-18)15(3)16-7-5-4-6-8-16/h4-12,14H,3,13H2,1-2H3. The van der Waals surface area contributed by atoms with E-state index >= 15 is 0 Å². The maximum absolute atomic E-state index is 5.68. The van der Waals surface area contributed by atoms with Crippen molar-refractivity contribution in [2.45, 2.75) is 13.8 Å². The maximum atomic E-state index is 5.68. The first-order valence-electron chi connectivity index (χ1n) is 6.64. The Labute approximate surface area is 115 Å². The van der Waals surface area contributed by atoms with Gasteiger partial charge in [-0.1, -0.05) is 62.9 Å². The van der Waals surface area contributed by atoms with Crippen LogP contribution in [0.2, 0.25) is 0 Å². The second kappa shape index (κ2) is 6.24. The van der Waals surface area contributed by atoms with Crippen molar-refractivity contribution in [3.8, 4) is 5.75 Å². The normalized spacial score (nSPS) is 10.5. The number of ether oxygens (including phenoxy) is 1. The van der Waals surface area contributed by atoms with Crippen molar-refractivity contribution < 1.29 is 4.74 Å². The average Bonchev–Trinajstić information content (AvgIpc) is 2.46. The Hall–Kier alpha value is -2.02. The summed E-state index contributed by atoms with van der Waals surface area (Å²) in [7, 11) is 0. The highest BCUT2D eigenvalue weighted by Crippen LogP contribution is 2.23. The van der Waals surface area contributed by atoms with Gasteiger partial charge in [-0.05, 0) is 34.8 Å². The molecule has 0 unspecified atom stereocenters. The monoisotopic (exact) mass is 252 g/mol. The highest BCUT2D eigenvalue weighted by molar-refractivity contribution is 5.78. The average molecular weight is 252 g/mol. The largest absolute Gasteiger partial charge is 0.493 e. The summed E-state index contributed by atoms with van der Waals surface area (Å²) in [5.41, 5.74) is 3.32. The summed E-state index contributed by atoms with van der Waals surface area (Å²) in [6.45, 7) is 9.20. The van der Waals surface area contributed by atoms with E-state index in [1.807, 2.05) is 30.3 Å². The molecule has 0 radical (unpaired) electrons. The third kappa shape index (κ3) is 3.72. The van der Waals surface area contributed by atoms with Crippen LogP contribution in [0.1, 0.15) is 25.0 Å². The topological polar surface area (TPSA) is 9.23 Å². The van der Waals surface area contributed by atoms with Gasteiger partial charge in [-0.3, -0.25) is 0 Å². The Bertz CT molecular complexity index is 523. The minimum atomic E-state index is 0.541. The molecule has 0 atom stereocenters. The molecule has 0 aliphatic rings. The summed E-state index contributed by atoms with van der Waals surface area (Å²) in [6, 6.07) is 18.4. The molecule has 0 fully saturated rings. The molecular formula is C18H20O. The fraction of sp³-hybridized carbons (Fsp3) is 0.222. The molecule has 0 aromatic heterocycles. The van der Waals surface area contributed by atoms with E-state index < -0.39 is 0 Å². The first kappa shape index (κ1) is 13.4. The fourth-order valence-corrected chi connectivity index (χ4v) is 1.82. The summed E-state index contributed by atoms with van der Waals surface area (Å²) in [6.07, 6.45) is 0. The third-order valence-corrected chi connectivity index (χ3v) is 2.91. The Morgan fingerprint density at radius 1 is 0.947 bits per heavy atom. The molecule has 0 spiro atoms. The Balaban J connectivity index is 2.08. The van der Waals surface area contributed by atoms with Gasteiger partial charge in [-0.2, -0.15) is 0 Å². The molecular weight excluding hydrogens is 232 g/mol. The van der Waals surface area contributed by atoms with Gasteiger partial charge in [0.15, 0.2) is 0 Å². The van der Waals surface area contributed by atoms with Gasteiger partial charge in [0.1, 0.15) is 5.75 Å². The van der Waals surface area contributed by atoms with Gasteiger partial charge in [-0.15, -0.1) is 0 Å². The lowest BCUT2D eigenvalue weighted by Gasteiger charge is -2.10. The van der Waals surface area contributed by atoms with Gasteiger partial charge in [0, 0.05) is 0 Å². The second-order valence-corrected chi connectivity index (χ2v) is 5.07. The summed E-state index contributed by atoms with van der Waals surface area (Å²) >= 11 is 0. The Morgan fingerprint density at radius 2 is 1.53 bits per heavy atom. The van der Waals surface area contributed by atoms with Crippen molar-refractivity contribution in [2.24, 2.45) is 5.92 Å². The smallest absolute Gasteiger partial charge is 0.119 e. The van der Waals surface area contributed by atoms with Crippen LogP contribution in [0.3, 0.4) is 0 Å². The predicted octanol–water partition coefficient (Wildman–Crippen LogP) is 4.78. The lowest BCUT2D eigenvalue weighted by atomic mass is 10.00. The quantitative estimate of drug-likeness (QED) is 0.744. The minimum Gasteiger partial charge on any atom is -0.493 e. The summed E-state index contributed by atoms with van der Waals surface area (Å²) in [5, 5.41) is 0. The molecule has 19 heavy (non-hydrogen) atoms. The molecule has 0 bridgehead atoms. The van der Waals surface area contributed by atoms with E-state index in [0.29, 0.717) is 5.92 Å². The zero-order valence-electron chi connectivity index (χ0n) is 11.6. The van der Waals surface area contributed by atoms with Crippen molar-refractivity contribution >= 4 is 5.57 Å². The molecule has 0 aliphatic heterocycles. The maximum Gasteiger partial charge on any atom is 0.119 e. The van der Waals surface area contributed by atoms with Gasteiger partial charge in [0.05, 0.1) is 6.61 Å². The molecule has 0 aliphatic carbocycles. The van der Waals surface area contributed by atoms with Crippen LogP contribution in [-0.2, 0) is 0 Å². The number of rotatable bonds is 5. The van der Waals surface area contributed by atoms with Crippen LogP contribution in [-0.4, -0.2) is 6.61 Å². The first-order chi connectivity index (χ1) is 9.16. The van der Waals surface area contributed by atoms with Crippen LogP contribution in [0.15, 0.2) is 61.2 Å². The van der Waals surface area contributed by atoms with E-state index in [4.69, 9.17) is 4.74 Å². The summed E-state index contributed by atoms with van der Waals surface area (Å²) in [5.74, 6) is 1.46. The molecule has 2 aromatic carbocycles. The fourth-order valence-electron chi connectivity index (χ4n) is 1.82. The number of hydrogen-bond acceptors (Lipinski definition) is 1. The van der Waals surface area contributed by atoms with Crippen molar-refractivity contribution in [3.05, 3.63) is 72.3 Å². The van der Waals surface area contributed by atoms with E-state index in [1.54, 1.807) is 0 Å². The highest BCUT2D eigenvalue weighted by Gasteiger charge is 2.02. The van der Waals surface area contributed by atoms with Crippen LogP contribution >= 0.6 is 0 Å². The van der Waals surface area contributed by atoms with E-state index in [1.165, 1.54) is 0 Å². The predicted molar refractivity (Wildman–Crippen MR) is 81.4 cm³/mol. The Morgan fingerprint density at radius 3 is 2.11 bits per heavy atom.